The third-order valence-corrected chi connectivity index (χ3v) is 5.31. The lowest BCUT2D eigenvalue weighted by atomic mass is 10.00. The maximum Gasteiger partial charge on any atom is 0.229 e. The fraction of sp³-hybridized carbons (Fsp3) is 0.105. The Balaban J connectivity index is 1.65. The molecule has 130 valence electrons. The van der Waals surface area contributed by atoms with Crippen LogP contribution >= 0.6 is 0 Å². The number of H-pyrrole nitrogens is 1. The van der Waals surface area contributed by atoms with Gasteiger partial charge in [-0.2, -0.15) is 0 Å². The molecule has 0 spiro atoms. The lowest BCUT2D eigenvalue weighted by Crippen LogP contribution is -2.19. The van der Waals surface area contributed by atoms with Crippen molar-refractivity contribution in [3.05, 3.63) is 60.4 Å². The minimum atomic E-state index is -3.28. The largest absolute Gasteiger partial charge is 0.361 e. The molecule has 7 heteroatoms. The molecule has 4 aromatic rings. The second-order valence-electron chi connectivity index (χ2n) is 6.54. The van der Waals surface area contributed by atoms with Crippen molar-refractivity contribution in [2.75, 3.05) is 15.9 Å². The number of pyridine rings is 1. The van der Waals surface area contributed by atoms with E-state index in [9.17, 15) is 8.42 Å². The molecule has 0 saturated heterocycles. The smallest absolute Gasteiger partial charge is 0.229 e. The Hall–Kier alpha value is -3.06. The summed E-state index contributed by atoms with van der Waals surface area (Å²) in [5.74, 6) is 0. The normalized spacial score (nSPS) is 13.7. The minimum absolute atomic E-state index is 0.553. The quantitative estimate of drug-likeness (QED) is 0.580. The molecule has 0 amide bonds. The van der Waals surface area contributed by atoms with Crippen LogP contribution in [0.3, 0.4) is 0 Å². The summed E-state index contributed by atoms with van der Waals surface area (Å²) >= 11 is 0. The van der Waals surface area contributed by atoms with Gasteiger partial charge >= 0.3 is 0 Å². The van der Waals surface area contributed by atoms with Gasteiger partial charge in [-0.05, 0) is 42.5 Å². The highest BCUT2D eigenvalue weighted by Crippen LogP contribution is 2.42. The van der Waals surface area contributed by atoms with E-state index in [0.717, 1.165) is 35.2 Å². The lowest BCUT2D eigenvalue weighted by Gasteiger charge is -2.30. The summed E-state index contributed by atoms with van der Waals surface area (Å²) < 4.78 is 25.3. The monoisotopic (exact) mass is 364 g/mol. The van der Waals surface area contributed by atoms with Crippen molar-refractivity contribution < 1.29 is 8.42 Å². The summed E-state index contributed by atoms with van der Waals surface area (Å²) in [4.78, 5) is 10.1. The topological polar surface area (TPSA) is 78.1 Å². The van der Waals surface area contributed by atoms with E-state index < -0.39 is 10.0 Å². The van der Waals surface area contributed by atoms with Gasteiger partial charge in [-0.25, -0.2) is 8.42 Å². The molecule has 0 bridgehead atoms. The number of anilines is 3. The molecule has 2 aromatic heterocycles. The Bertz CT molecular complexity index is 1260. The van der Waals surface area contributed by atoms with Crippen LogP contribution in [0.1, 0.15) is 5.56 Å². The van der Waals surface area contributed by atoms with Crippen LogP contribution in [0.25, 0.3) is 21.8 Å². The molecular weight excluding hydrogens is 348 g/mol. The Kier molecular flexibility index (Phi) is 3.05. The van der Waals surface area contributed by atoms with E-state index in [1.165, 1.54) is 16.3 Å². The molecule has 2 aromatic carbocycles. The number of hydrogen-bond acceptors (Lipinski definition) is 4. The molecule has 2 N–H and O–H groups in total. The Morgan fingerprint density at radius 1 is 1.08 bits per heavy atom. The standard InChI is InChI=1S/C19H16N4O2S/c1-26(24,25)22-13-2-4-14(5-3-13)23-11-12-10-21-15-6-7-16-19(18(12)15)17(23)8-9-20-16/h2-10,20,22H,11H2,1H3. The van der Waals surface area contributed by atoms with E-state index in [2.05, 4.69) is 31.7 Å². The highest BCUT2D eigenvalue weighted by molar-refractivity contribution is 7.92. The Labute approximate surface area is 150 Å². The van der Waals surface area contributed by atoms with Crippen LogP contribution in [0.4, 0.5) is 17.1 Å². The predicted molar refractivity (Wildman–Crippen MR) is 104 cm³/mol. The number of aromatic amines is 1. The van der Waals surface area contributed by atoms with Crippen molar-refractivity contribution in [1.29, 1.82) is 0 Å². The third-order valence-electron chi connectivity index (χ3n) is 4.70. The van der Waals surface area contributed by atoms with E-state index in [1.54, 1.807) is 12.1 Å². The first-order chi connectivity index (χ1) is 12.5. The van der Waals surface area contributed by atoms with Crippen LogP contribution in [0.2, 0.25) is 0 Å². The average Bonchev–Trinajstić information content (AvgIpc) is 3.03. The van der Waals surface area contributed by atoms with Gasteiger partial charge in [0.25, 0.3) is 0 Å². The Morgan fingerprint density at radius 2 is 1.88 bits per heavy atom. The molecule has 0 fully saturated rings. The van der Waals surface area contributed by atoms with Gasteiger partial charge < -0.3 is 9.88 Å². The molecule has 0 atom stereocenters. The van der Waals surface area contributed by atoms with Crippen molar-refractivity contribution in [2.24, 2.45) is 0 Å². The van der Waals surface area contributed by atoms with Gasteiger partial charge in [0.05, 0.1) is 24.0 Å². The van der Waals surface area contributed by atoms with E-state index in [4.69, 9.17) is 0 Å². The Morgan fingerprint density at radius 3 is 2.65 bits per heavy atom. The molecule has 0 unspecified atom stereocenters. The number of nitrogens with one attached hydrogen (secondary N) is 2. The van der Waals surface area contributed by atoms with Gasteiger partial charge in [0.15, 0.2) is 0 Å². The molecule has 0 radical (unpaired) electrons. The molecular formula is C19H16N4O2S. The lowest BCUT2D eigenvalue weighted by molar-refractivity contribution is 0.607. The molecule has 26 heavy (non-hydrogen) atoms. The number of benzene rings is 2. The first kappa shape index (κ1) is 15.2. The minimum Gasteiger partial charge on any atom is -0.361 e. The van der Waals surface area contributed by atoms with E-state index >= 15 is 0 Å². The summed E-state index contributed by atoms with van der Waals surface area (Å²) in [7, 11) is -3.28. The van der Waals surface area contributed by atoms with Gasteiger partial charge in [0.1, 0.15) is 0 Å². The highest BCUT2D eigenvalue weighted by atomic mass is 32.2. The van der Waals surface area contributed by atoms with Gasteiger partial charge in [0, 0.05) is 45.6 Å². The van der Waals surface area contributed by atoms with Gasteiger partial charge in [-0.1, -0.05) is 0 Å². The van der Waals surface area contributed by atoms with E-state index in [0.29, 0.717) is 5.69 Å². The van der Waals surface area contributed by atoms with Crippen LogP contribution in [0.5, 0.6) is 0 Å². The number of aromatic nitrogens is 2. The molecule has 0 saturated carbocycles. The van der Waals surface area contributed by atoms with Crippen molar-refractivity contribution in [3.63, 3.8) is 0 Å². The van der Waals surface area contributed by atoms with Crippen molar-refractivity contribution in [3.8, 4) is 0 Å². The summed E-state index contributed by atoms with van der Waals surface area (Å²) in [5, 5.41) is 2.38. The van der Waals surface area contributed by atoms with Crippen molar-refractivity contribution >= 4 is 48.9 Å². The van der Waals surface area contributed by atoms with Crippen LogP contribution < -0.4 is 9.62 Å². The van der Waals surface area contributed by atoms with Gasteiger partial charge in [0.2, 0.25) is 10.0 Å². The molecule has 1 aliphatic rings. The number of nitrogens with zero attached hydrogens (tertiary/aromatic N) is 2. The van der Waals surface area contributed by atoms with Gasteiger partial charge in [-0.3, -0.25) is 9.71 Å². The van der Waals surface area contributed by atoms with Crippen LogP contribution in [-0.4, -0.2) is 24.6 Å². The van der Waals surface area contributed by atoms with Gasteiger partial charge in [-0.15, -0.1) is 0 Å². The second-order valence-corrected chi connectivity index (χ2v) is 8.28. The zero-order valence-corrected chi connectivity index (χ0v) is 14.8. The van der Waals surface area contributed by atoms with Crippen molar-refractivity contribution in [1.82, 2.24) is 9.97 Å². The second kappa shape index (κ2) is 5.22. The van der Waals surface area contributed by atoms with Crippen LogP contribution in [0, 0.1) is 0 Å². The van der Waals surface area contributed by atoms with E-state index in [1.807, 2.05) is 30.6 Å². The summed E-state index contributed by atoms with van der Waals surface area (Å²) in [5.41, 5.74) is 5.95. The van der Waals surface area contributed by atoms with Crippen LogP contribution in [0.15, 0.2) is 54.9 Å². The molecule has 0 aliphatic carbocycles. The summed E-state index contributed by atoms with van der Waals surface area (Å²) in [6.07, 6.45) is 5.03. The first-order valence-corrected chi connectivity index (χ1v) is 10.1. The maximum atomic E-state index is 11.4. The zero-order chi connectivity index (χ0) is 17.9. The molecule has 5 rings (SSSR count). The molecule has 1 aliphatic heterocycles. The maximum absolute atomic E-state index is 11.4. The third kappa shape index (κ3) is 2.32. The fourth-order valence-electron chi connectivity index (χ4n) is 3.67. The number of sulfonamides is 1. The van der Waals surface area contributed by atoms with Crippen molar-refractivity contribution in [2.45, 2.75) is 6.54 Å². The fourth-order valence-corrected chi connectivity index (χ4v) is 4.23. The zero-order valence-electron chi connectivity index (χ0n) is 14.0. The molecule has 3 heterocycles. The predicted octanol–water partition coefficient (Wildman–Crippen LogP) is 3.74. The van der Waals surface area contributed by atoms with Crippen LogP contribution in [-0.2, 0) is 16.6 Å². The molecule has 6 nitrogen and oxygen atoms in total. The number of hydrogen-bond donors (Lipinski definition) is 2. The summed E-state index contributed by atoms with van der Waals surface area (Å²) in [6.45, 7) is 0.728. The SMILES string of the molecule is CS(=O)(=O)Nc1ccc(N2Cc3cnc4ccc5[nH]ccc2c5c34)cc1. The number of rotatable bonds is 3. The first-order valence-electron chi connectivity index (χ1n) is 8.23. The average molecular weight is 364 g/mol. The highest BCUT2D eigenvalue weighted by Gasteiger charge is 2.23. The van der Waals surface area contributed by atoms with E-state index in [-0.39, 0.29) is 0 Å². The summed E-state index contributed by atoms with van der Waals surface area (Å²) in [6, 6.07) is 13.6.